The van der Waals surface area contributed by atoms with Gasteiger partial charge in [0.05, 0.1) is 11.6 Å². The number of alkyl halides is 3. The smallest absolute Gasteiger partial charge is 0.416 e. The van der Waals surface area contributed by atoms with Crippen molar-refractivity contribution in [3.8, 4) is 11.8 Å². The van der Waals surface area contributed by atoms with Crippen molar-refractivity contribution < 1.29 is 22.7 Å². The highest BCUT2D eigenvalue weighted by atomic mass is 19.4. The molecule has 0 bridgehead atoms. The Labute approximate surface area is 156 Å². The fourth-order valence-electron chi connectivity index (χ4n) is 2.23. The van der Waals surface area contributed by atoms with Crippen LogP contribution in [0.2, 0.25) is 0 Å². The van der Waals surface area contributed by atoms with E-state index < -0.39 is 17.6 Å². The van der Waals surface area contributed by atoms with E-state index in [1.54, 1.807) is 6.20 Å². The van der Waals surface area contributed by atoms with Crippen molar-refractivity contribution in [2.75, 3.05) is 5.32 Å². The summed E-state index contributed by atoms with van der Waals surface area (Å²) in [5, 5.41) is 19.1. The van der Waals surface area contributed by atoms with Gasteiger partial charge in [-0.25, -0.2) is 4.68 Å². The summed E-state index contributed by atoms with van der Waals surface area (Å²) in [6.07, 6.45) is -1.46. The van der Waals surface area contributed by atoms with E-state index in [9.17, 15) is 18.0 Å². The van der Waals surface area contributed by atoms with Crippen LogP contribution in [0, 0.1) is 11.3 Å². The summed E-state index contributed by atoms with van der Waals surface area (Å²) in [5.74, 6) is -0.241. The lowest BCUT2D eigenvalue weighted by molar-refractivity contribution is -0.137. The standard InChI is InChI=1S/C17H13F3N6O2/c18-17(19,20)12-2-1-3-13(10-12)28-11-26-7-4-14(23-26)16(27)22-15-5-8-25(24-15)9-6-21/h1-5,7-8,10H,9,11H2,(H,22,24,27). The second-order valence-electron chi connectivity index (χ2n) is 5.55. The average Bonchev–Trinajstić information content (AvgIpc) is 3.29. The molecule has 3 rings (SSSR count). The van der Waals surface area contributed by atoms with Gasteiger partial charge in [-0.05, 0) is 24.3 Å². The lowest BCUT2D eigenvalue weighted by Crippen LogP contribution is -2.15. The Morgan fingerprint density at radius 3 is 2.71 bits per heavy atom. The molecule has 0 radical (unpaired) electrons. The van der Waals surface area contributed by atoms with E-state index in [0.29, 0.717) is 0 Å². The monoisotopic (exact) mass is 390 g/mol. The van der Waals surface area contributed by atoms with Crippen LogP contribution in [0.3, 0.4) is 0 Å². The maximum atomic E-state index is 12.7. The van der Waals surface area contributed by atoms with Gasteiger partial charge >= 0.3 is 6.18 Å². The van der Waals surface area contributed by atoms with E-state index in [2.05, 4.69) is 15.5 Å². The van der Waals surface area contributed by atoms with Gasteiger partial charge in [0.1, 0.15) is 12.3 Å². The van der Waals surface area contributed by atoms with Crippen LogP contribution >= 0.6 is 0 Å². The van der Waals surface area contributed by atoms with Crippen LogP contribution in [0.1, 0.15) is 16.1 Å². The number of halogens is 3. The van der Waals surface area contributed by atoms with Crippen LogP contribution in [0.5, 0.6) is 5.75 Å². The van der Waals surface area contributed by atoms with Crippen molar-refractivity contribution in [1.82, 2.24) is 19.6 Å². The summed E-state index contributed by atoms with van der Waals surface area (Å²) in [5.41, 5.74) is -0.746. The zero-order chi connectivity index (χ0) is 20.1. The molecule has 1 amide bonds. The number of nitrogens with one attached hydrogen (secondary N) is 1. The van der Waals surface area contributed by atoms with Gasteiger partial charge in [-0.1, -0.05) is 6.07 Å². The number of benzene rings is 1. The van der Waals surface area contributed by atoms with Crippen molar-refractivity contribution >= 4 is 11.7 Å². The van der Waals surface area contributed by atoms with E-state index in [-0.39, 0.29) is 30.5 Å². The highest BCUT2D eigenvalue weighted by Crippen LogP contribution is 2.31. The number of aromatic nitrogens is 4. The Morgan fingerprint density at radius 1 is 1.18 bits per heavy atom. The second kappa shape index (κ2) is 7.83. The molecule has 3 aromatic rings. The Morgan fingerprint density at radius 2 is 1.96 bits per heavy atom. The molecular weight excluding hydrogens is 377 g/mol. The van der Waals surface area contributed by atoms with Gasteiger partial charge in [0.15, 0.2) is 18.2 Å². The van der Waals surface area contributed by atoms with Crippen molar-refractivity contribution in [2.24, 2.45) is 0 Å². The minimum Gasteiger partial charge on any atom is -0.471 e. The van der Waals surface area contributed by atoms with Gasteiger partial charge in [0.2, 0.25) is 0 Å². The first-order chi connectivity index (χ1) is 13.3. The first kappa shape index (κ1) is 19.0. The minimum absolute atomic E-state index is 0.0272. The lowest BCUT2D eigenvalue weighted by atomic mass is 10.2. The molecule has 2 heterocycles. The molecule has 0 saturated heterocycles. The summed E-state index contributed by atoms with van der Waals surface area (Å²) in [6, 6.07) is 9.34. The van der Waals surface area contributed by atoms with E-state index in [1.807, 2.05) is 6.07 Å². The van der Waals surface area contributed by atoms with Crippen LogP contribution < -0.4 is 10.1 Å². The quantitative estimate of drug-likeness (QED) is 0.698. The van der Waals surface area contributed by atoms with Gasteiger partial charge < -0.3 is 10.1 Å². The normalized spacial score (nSPS) is 11.1. The Hall–Kier alpha value is -3.81. The molecule has 0 atom stereocenters. The topological polar surface area (TPSA) is 97.8 Å². The molecule has 0 unspecified atom stereocenters. The van der Waals surface area contributed by atoms with Gasteiger partial charge in [-0.2, -0.15) is 28.6 Å². The number of ether oxygens (including phenoxy) is 1. The van der Waals surface area contributed by atoms with Crippen LogP contribution in [0.15, 0.2) is 48.8 Å². The summed E-state index contributed by atoms with van der Waals surface area (Å²) >= 11 is 0. The summed E-state index contributed by atoms with van der Waals surface area (Å²) in [6.45, 7) is -0.122. The molecule has 0 aliphatic carbocycles. The zero-order valence-electron chi connectivity index (χ0n) is 14.2. The summed E-state index contributed by atoms with van der Waals surface area (Å²) in [4.78, 5) is 12.2. The van der Waals surface area contributed by atoms with Crippen molar-refractivity contribution in [3.05, 3.63) is 60.0 Å². The largest absolute Gasteiger partial charge is 0.471 e. The molecule has 28 heavy (non-hydrogen) atoms. The number of amides is 1. The molecule has 8 nitrogen and oxygen atoms in total. The van der Waals surface area contributed by atoms with Crippen LogP contribution in [-0.4, -0.2) is 25.5 Å². The molecule has 0 aliphatic rings. The molecule has 0 aliphatic heterocycles. The molecule has 1 N–H and O–H groups in total. The molecular formula is C17H13F3N6O2. The first-order valence-corrected chi connectivity index (χ1v) is 7.90. The number of hydrogen-bond donors (Lipinski definition) is 1. The highest BCUT2D eigenvalue weighted by Gasteiger charge is 2.30. The maximum Gasteiger partial charge on any atom is 0.416 e. The van der Waals surface area contributed by atoms with Crippen LogP contribution in [0.4, 0.5) is 19.0 Å². The molecule has 11 heteroatoms. The SMILES string of the molecule is N#CCn1ccc(NC(=O)c2ccn(COc3cccc(C(F)(F)F)c3)n2)n1. The Balaban J connectivity index is 1.59. The maximum absolute atomic E-state index is 12.7. The number of anilines is 1. The van der Waals surface area contributed by atoms with Gasteiger partial charge in [-0.15, -0.1) is 0 Å². The molecule has 0 saturated carbocycles. The molecule has 1 aromatic carbocycles. The third kappa shape index (κ3) is 4.67. The van der Waals surface area contributed by atoms with Crippen molar-refractivity contribution in [3.63, 3.8) is 0 Å². The van der Waals surface area contributed by atoms with Crippen LogP contribution in [-0.2, 0) is 19.5 Å². The fourth-order valence-corrected chi connectivity index (χ4v) is 2.23. The third-order valence-electron chi connectivity index (χ3n) is 3.51. The Kier molecular flexibility index (Phi) is 5.30. The van der Waals surface area contributed by atoms with E-state index in [1.165, 1.54) is 39.8 Å². The van der Waals surface area contributed by atoms with Crippen LogP contribution in [0.25, 0.3) is 0 Å². The number of hydrogen-bond acceptors (Lipinski definition) is 5. The van der Waals surface area contributed by atoms with Crippen molar-refractivity contribution in [2.45, 2.75) is 19.5 Å². The number of nitriles is 1. The average molecular weight is 390 g/mol. The van der Waals surface area contributed by atoms with E-state index >= 15 is 0 Å². The molecule has 144 valence electrons. The number of rotatable bonds is 6. The van der Waals surface area contributed by atoms with E-state index in [4.69, 9.17) is 10.00 Å². The highest BCUT2D eigenvalue weighted by molar-refractivity contribution is 6.02. The summed E-state index contributed by atoms with van der Waals surface area (Å²) in [7, 11) is 0. The first-order valence-electron chi connectivity index (χ1n) is 7.90. The minimum atomic E-state index is -4.46. The zero-order valence-corrected chi connectivity index (χ0v) is 14.2. The van der Waals surface area contributed by atoms with Gasteiger partial charge in [0.25, 0.3) is 5.91 Å². The number of carbonyl (C=O) groups excluding carboxylic acids is 1. The molecule has 0 fully saturated rings. The number of nitrogens with zero attached hydrogens (tertiary/aromatic N) is 5. The predicted octanol–water partition coefficient (Wildman–Crippen LogP) is 2.91. The summed E-state index contributed by atoms with van der Waals surface area (Å²) < 4.78 is 46.0. The van der Waals surface area contributed by atoms with E-state index in [0.717, 1.165) is 12.1 Å². The van der Waals surface area contributed by atoms with Gasteiger partial charge in [0, 0.05) is 18.5 Å². The molecule has 0 spiro atoms. The molecule has 2 aromatic heterocycles. The predicted molar refractivity (Wildman–Crippen MR) is 90.1 cm³/mol. The number of carbonyl (C=O) groups is 1. The second-order valence-corrected chi connectivity index (χ2v) is 5.55. The third-order valence-corrected chi connectivity index (χ3v) is 3.51. The fraction of sp³-hybridized carbons (Fsp3) is 0.176. The van der Waals surface area contributed by atoms with Gasteiger partial charge in [-0.3, -0.25) is 9.48 Å². The van der Waals surface area contributed by atoms with Crippen molar-refractivity contribution in [1.29, 1.82) is 5.26 Å². The Bertz CT molecular complexity index is 1020. The lowest BCUT2D eigenvalue weighted by Gasteiger charge is -2.10.